The van der Waals surface area contributed by atoms with E-state index >= 15 is 0 Å². The summed E-state index contributed by atoms with van der Waals surface area (Å²) in [5.41, 5.74) is 2.11. The van der Waals surface area contributed by atoms with Gasteiger partial charge in [-0.3, -0.25) is 9.59 Å². The molecule has 2 aromatic rings. The molecule has 0 amide bonds. The second-order valence-corrected chi connectivity index (χ2v) is 7.05. The highest BCUT2D eigenvalue weighted by Crippen LogP contribution is 2.40. The van der Waals surface area contributed by atoms with E-state index in [1.165, 1.54) is 26.0 Å². The fourth-order valence-corrected chi connectivity index (χ4v) is 3.35. The van der Waals surface area contributed by atoms with Crippen LogP contribution < -0.4 is 9.47 Å². The number of carbonyl (C=O) groups is 2. The first kappa shape index (κ1) is 23.4. The minimum Gasteiger partial charge on any atom is -0.507 e. The number of carbonyl (C=O) groups excluding carboxylic acids is 2. The second kappa shape index (κ2) is 9.73. The predicted octanol–water partition coefficient (Wildman–Crippen LogP) is 3.73. The van der Waals surface area contributed by atoms with E-state index in [2.05, 4.69) is 11.8 Å². The fourth-order valence-electron chi connectivity index (χ4n) is 3.35. The van der Waals surface area contributed by atoms with Gasteiger partial charge in [0.05, 0.1) is 11.1 Å². The number of rotatable bonds is 8. The molecule has 0 aromatic heterocycles. The van der Waals surface area contributed by atoms with Gasteiger partial charge >= 0.3 is 0 Å². The van der Waals surface area contributed by atoms with Gasteiger partial charge in [-0.2, -0.15) is 0 Å². The highest BCUT2D eigenvalue weighted by atomic mass is 16.5. The Bertz CT molecular complexity index is 1040. The van der Waals surface area contributed by atoms with Gasteiger partial charge in [0.2, 0.25) is 0 Å². The van der Waals surface area contributed by atoms with E-state index in [0.717, 1.165) is 0 Å². The molecule has 6 heteroatoms. The van der Waals surface area contributed by atoms with Crippen LogP contribution >= 0.6 is 0 Å². The molecular formula is C25H24O6. The first-order chi connectivity index (χ1) is 14.6. The van der Waals surface area contributed by atoms with Crippen LogP contribution in [0.2, 0.25) is 0 Å². The smallest absolute Gasteiger partial charge is 0.163 e. The number of Topliss-reactive ketones (excluding diaryl/α,β-unsaturated/α-hetero) is 2. The Hall–Kier alpha value is -3.90. The largest absolute Gasteiger partial charge is 0.507 e. The maximum absolute atomic E-state index is 12.0. The number of benzene rings is 2. The zero-order chi connectivity index (χ0) is 23.3. The number of hydrogen-bond donors (Lipinski definition) is 2. The monoisotopic (exact) mass is 420 g/mol. The molecule has 0 radical (unpaired) electrons. The van der Waals surface area contributed by atoms with E-state index in [9.17, 15) is 19.8 Å². The number of ether oxygens (including phenoxy) is 2. The molecule has 0 unspecified atom stereocenters. The Morgan fingerprint density at radius 2 is 1.19 bits per heavy atom. The second-order valence-electron chi connectivity index (χ2n) is 7.05. The van der Waals surface area contributed by atoms with Gasteiger partial charge in [-0.1, -0.05) is 11.8 Å². The SMILES string of the molecule is C#CCOc1c(Cc2cc(C(C)=O)c(O)c(C)c2OCC#C)cc(C(C)=O)c(O)c1C. The van der Waals surface area contributed by atoms with Crippen molar-refractivity contribution in [3.63, 3.8) is 0 Å². The van der Waals surface area contributed by atoms with E-state index in [1.807, 2.05) is 0 Å². The van der Waals surface area contributed by atoms with Crippen molar-refractivity contribution in [2.24, 2.45) is 0 Å². The Morgan fingerprint density at radius 1 is 0.839 bits per heavy atom. The van der Waals surface area contributed by atoms with Crippen molar-refractivity contribution in [3.05, 3.63) is 45.5 Å². The number of ketones is 2. The topological polar surface area (TPSA) is 93.1 Å². The van der Waals surface area contributed by atoms with Crippen molar-refractivity contribution in [2.45, 2.75) is 34.1 Å². The zero-order valence-corrected chi connectivity index (χ0v) is 18.0. The molecule has 0 fully saturated rings. The van der Waals surface area contributed by atoms with Gasteiger partial charge in [0, 0.05) is 17.5 Å². The van der Waals surface area contributed by atoms with E-state index in [0.29, 0.717) is 33.8 Å². The standard InChI is InChI=1S/C25H24O6/c1-7-9-30-24-14(3)22(28)20(16(5)26)12-18(24)11-19-13-21(17(6)27)23(29)15(4)25(19)31-10-8-2/h1-2,12-13,28-29H,9-11H2,3-6H3. The third-order valence-corrected chi connectivity index (χ3v) is 4.86. The van der Waals surface area contributed by atoms with Gasteiger partial charge in [-0.05, 0) is 51.0 Å². The van der Waals surface area contributed by atoms with Crippen LogP contribution in [0.15, 0.2) is 12.1 Å². The first-order valence-corrected chi connectivity index (χ1v) is 9.49. The van der Waals surface area contributed by atoms with Crippen molar-refractivity contribution in [1.82, 2.24) is 0 Å². The Morgan fingerprint density at radius 3 is 1.48 bits per heavy atom. The van der Waals surface area contributed by atoms with Gasteiger partial charge in [0.1, 0.15) is 36.2 Å². The molecule has 0 aliphatic carbocycles. The minimum atomic E-state index is -0.319. The average molecular weight is 420 g/mol. The summed E-state index contributed by atoms with van der Waals surface area (Å²) in [6.45, 7) is 5.85. The molecule has 2 rings (SSSR count). The predicted molar refractivity (Wildman–Crippen MR) is 117 cm³/mol. The number of phenolic OH excluding ortho intramolecular Hbond substituents is 2. The molecule has 2 aromatic carbocycles. The third-order valence-electron chi connectivity index (χ3n) is 4.86. The van der Waals surface area contributed by atoms with Crippen molar-refractivity contribution in [2.75, 3.05) is 13.2 Å². The van der Waals surface area contributed by atoms with Crippen molar-refractivity contribution >= 4 is 11.6 Å². The molecule has 0 spiro atoms. The number of aromatic hydroxyl groups is 2. The van der Waals surface area contributed by atoms with E-state index in [4.69, 9.17) is 22.3 Å². The molecule has 0 saturated heterocycles. The van der Waals surface area contributed by atoms with Gasteiger partial charge < -0.3 is 19.7 Å². The summed E-state index contributed by atoms with van der Waals surface area (Å²) in [7, 11) is 0. The van der Waals surface area contributed by atoms with Gasteiger partial charge in [-0.15, -0.1) is 12.8 Å². The minimum absolute atomic E-state index is 0.0412. The molecule has 0 aliphatic rings. The summed E-state index contributed by atoms with van der Waals surface area (Å²) in [5, 5.41) is 20.9. The Kier molecular flexibility index (Phi) is 7.34. The normalized spacial score (nSPS) is 10.1. The van der Waals surface area contributed by atoms with Crippen LogP contribution in [0.1, 0.15) is 56.8 Å². The molecule has 31 heavy (non-hydrogen) atoms. The lowest BCUT2D eigenvalue weighted by Gasteiger charge is -2.20. The van der Waals surface area contributed by atoms with Crippen molar-refractivity contribution in [1.29, 1.82) is 0 Å². The molecular weight excluding hydrogens is 396 g/mol. The first-order valence-electron chi connectivity index (χ1n) is 9.49. The van der Waals surface area contributed by atoms with Crippen LogP contribution in [0.4, 0.5) is 0 Å². The lowest BCUT2D eigenvalue weighted by molar-refractivity contribution is 0.100. The quantitative estimate of drug-likeness (QED) is 0.499. The van der Waals surface area contributed by atoms with Crippen LogP contribution in [0, 0.1) is 38.5 Å². The highest BCUT2D eigenvalue weighted by molar-refractivity contribution is 5.98. The van der Waals surface area contributed by atoms with Gasteiger partial charge in [-0.25, -0.2) is 0 Å². The van der Waals surface area contributed by atoms with Crippen LogP contribution in [-0.4, -0.2) is 35.0 Å². The summed E-state index contributed by atoms with van der Waals surface area (Å²) in [6.07, 6.45) is 10.8. The van der Waals surface area contributed by atoms with Crippen LogP contribution in [-0.2, 0) is 6.42 Å². The van der Waals surface area contributed by atoms with Crippen LogP contribution in [0.5, 0.6) is 23.0 Å². The maximum atomic E-state index is 12.0. The summed E-state index contributed by atoms with van der Waals surface area (Å²) in [6, 6.07) is 3.05. The number of phenols is 2. The number of hydrogen-bond acceptors (Lipinski definition) is 6. The molecule has 0 heterocycles. The summed E-state index contributed by atoms with van der Waals surface area (Å²) in [5.74, 6) is 4.41. The highest BCUT2D eigenvalue weighted by Gasteiger charge is 2.23. The summed E-state index contributed by atoms with van der Waals surface area (Å²) < 4.78 is 11.3. The molecule has 0 bridgehead atoms. The zero-order valence-electron chi connectivity index (χ0n) is 18.0. The van der Waals surface area contributed by atoms with E-state index < -0.39 is 0 Å². The molecule has 0 atom stereocenters. The maximum Gasteiger partial charge on any atom is 0.163 e. The molecule has 0 aliphatic heterocycles. The Labute approximate surface area is 181 Å². The van der Waals surface area contributed by atoms with Crippen LogP contribution in [0.3, 0.4) is 0 Å². The van der Waals surface area contributed by atoms with Crippen LogP contribution in [0.25, 0.3) is 0 Å². The molecule has 6 nitrogen and oxygen atoms in total. The van der Waals surface area contributed by atoms with E-state index in [1.54, 1.807) is 13.8 Å². The van der Waals surface area contributed by atoms with Crippen molar-refractivity contribution < 1.29 is 29.3 Å². The van der Waals surface area contributed by atoms with Crippen molar-refractivity contribution in [3.8, 4) is 47.7 Å². The lowest BCUT2D eigenvalue weighted by atomic mass is 9.93. The molecule has 160 valence electrons. The fraction of sp³-hybridized carbons (Fsp3) is 0.280. The van der Waals surface area contributed by atoms with E-state index in [-0.39, 0.29) is 53.8 Å². The molecule has 0 saturated carbocycles. The summed E-state index contributed by atoms with van der Waals surface area (Å²) in [4.78, 5) is 24.1. The number of terminal acetylenes is 2. The molecule has 2 N–H and O–H groups in total. The Balaban J connectivity index is 2.76. The lowest BCUT2D eigenvalue weighted by Crippen LogP contribution is -2.08. The average Bonchev–Trinajstić information content (AvgIpc) is 2.71. The third kappa shape index (κ3) is 4.82. The summed E-state index contributed by atoms with van der Waals surface area (Å²) >= 11 is 0. The van der Waals surface area contributed by atoms with Gasteiger partial charge in [0.25, 0.3) is 0 Å². The van der Waals surface area contributed by atoms with Gasteiger partial charge in [0.15, 0.2) is 11.6 Å².